The molecule has 2 amide bonds. The number of fused-ring (bicyclic) bond motifs is 2. The predicted octanol–water partition coefficient (Wildman–Crippen LogP) is 3.18. The van der Waals surface area contributed by atoms with Gasteiger partial charge >= 0.3 is 5.97 Å². The Morgan fingerprint density at radius 1 is 1.00 bits per heavy atom. The molecule has 7 nitrogen and oxygen atoms in total. The molecule has 7 heteroatoms. The molecule has 0 radical (unpaired) electrons. The quantitative estimate of drug-likeness (QED) is 0.278. The third-order valence-corrected chi connectivity index (χ3v) is 6.09. The van der Waals surface area contributed by atoms with Crippen molar-refractivity contribution in [3.8, 4) is 0 Å². The van der Waals surface area contributed by atoms with Crippen LogP contribution in [-0.2, 0) is 19.1 Å². The molecule has 0 unspecified atom stereocenters. The van der Waals surface area contributed by atoms with Crippen LogP contribution in [0.3, 0.4) is 0 Å². The first-order valence-electron chi connectivity index (χ1n) is 11.6. The number of carboxylic acid groups (broad SMARTS) is 1. The molecule has 2 bridgehead atoms. The first-order chi connectivity index (χ1) is 14.5. The van der Waals surface area contributed by atoms with Gasteiger partial charge in [0.15, 0.2) is 0 Å². The number of ether oxygens (including phenoxy) is 1. The van der Waals surface area contributed by atoms with Gasteiger partial charge < -0.3 is 20.5 Å². The molecule has 2 aliphatic heterocycles. The monoisotopic (exact) mass is 422 g/mol. The van der Waals surface area contributed by atoms with E-state index in [0.717, 1.165) is 38.5 Å². The van der Waals surface area contributed by atoms with Crippen LogP contribution in [-0.4, -0.2) is 48.2 Å². The van der Waals surface area contributed by atoms with Gasteiger partial charge in [0.2, 0.25) is 11.8 Å². The Labute approximate surface area is 180 Å². The largest absolute Gasteiger partial charge is 0.481 e. The topological polar surface area (TPSA) is 105 Å². The van der Waals surface area contributed by atoms with E-state index in [1.54, 1.807) is 0 Å². The molecule has 2 heterocycles. The number of rotatable bonds is 15. The lowest BCUT2D eigenvalue weighted by Crippen LogP contribution is -2.44. The summed E-state index contributed by atoms with van der Waals surface area (Å²) in [6.45, 7) is 2.85. The van der Waals surface area contributed by atoms with E-state index in [0.29, 0.717) is 13.0 Å². The number of unbranched alkanes of at least 4 members (excludes halogenated alkanes) is 5. The summed E-state index contributed by atoms with van der Waals surface area (Å²) in [7, 11) is 0. The Balaban J connectivity index is 1.69. The third kappa shape index (κ3) is 8.09. The highest BCUT2D eigenvalue weighted by Crippen LogP contribution is 2.45. The van der Waals surface area contributed by atoms with Crippen LogP contribution in [0.1, 0.15) is 77.6 Å². The van der Waals surface area contributed by atoms with Crippen molar-refractivity contribution < 1.29 is 24.2 Å². The highest BCUT2D eigenvalue weighted by Gasteiger charge is 2.51. The van der Waals surface area contributed by atoms with E-state index >= 15 is 0 Å². The summed E-state index contributed by atoms with van der Waals surface area (Å²) in [5.41, 5.74) is 0. The van der Waals surface area contributed by atoms with Gasteiger partial charge in [-0.3, -0.25) is 14.4 Å². The molecular weight excluding hydrogens is 384 g/mol. The Bertz CT molecular complexity index is 592. The molecule has 30 heavy (non-hydrogen) atoms. The number of allylic oxidation sites excluding steroid dienone is 2. The first-order valence-corrected chi connectivity index (χ1v) is 11.6. The molecule has 2 aliphatic rings. The highest BCUT2D eigenvalue weighted by molar-refractivity contribution is 5.86. The standard InChI is InChI=1S/C23H38N2O5/c1-2-3-4-7-10-15-24-20(26)16-25-23(29)22-17(18-13-14-19(22)30-18)11-8-5-6-9-12-21(27)28/h5,8,17-19,22H,2-4,6-7,9-16H2,1H3,(H,24,26)(H,25,29)(H,27,28)/t17-,18+,19-,22-/m0/s1. The predicted molar refractivity (Wildman–Crippen MR) is 115 cm³/mol. The van der Waals surface area contributed by atoms with E-state index in [-0.39, 0.29) is 48.8 Å². The van der Waals surface area contributed by atoms with Crippen molar-refractivity contribution >= 4 is 17.8 Å². The molecule has 0 spiro atoms. The minimum Gasteiger partial charge on any atom is -0.481 e. The summed E-state index contributed by atoms with van der Waals surface area (Å²) in [5, 5.41) is 14.4. The van der Waals surface area contributed by atoms with E-state index in [9.17, 15) is 14.4 Å². The second kappa shape index (κ2) is 13.4. The van der Waals surface area contributed by atoms with Crippen LogP contribution >= 0.6 is 0 Å². The van der Waals surface area contributed by atoms with Crippen LogP contribution in [0.5, 0.6) is 0 Å². The van der Waals surface area contributed by atoms with Gasteiger partial charge in [0.25, 0.3) is 0 Å². The Kier molecular flexibility index (Phi) is 10.9. The molecule has 0 aromatic rings. The van der Waals surface area contributed by atoms with Crippen molar-refractivity contribution in [2.24, 2.45) is 11.8 Å². The number of nitrogens with one attached hydrogen (secondary N) is 2. The molecule has 0 aromatic carbocycles. The summed E-state index contributed by atoms with van der Waals surface area (Å²) >= 11 is 0. The Hall–Kier alpha value is -1.89. The van der Waals surface area contributed by atoms with Gasteiger partial charge in [0, 0.05) is 18.9 Å². The normalized spacial score (nSPS) is 25.0. The smallest absolute Gasteiger partial charge is 0.303 e. The van der Waals surface area contributed by atoms with Crippen LogP contribution in [0, 0.1) is 11.8 Å². The second-order valence-corrected chi connectivity index (χ2v) is 8.46. The van der Waals surface area contributed by atoms with Gasteiger partial charge in [-0.2, -0.15) is 0 Å². The van der Waals surface area contributed by atoms with E-state index in [1.165, 1.54) is 19.3 Å². The molecule has 0 aliphatic carbocycles. The lowest BCUT2D eigenvalue weighted by molar-refractivity contribution is -0.137. The number of carbonyl (C=O) groups excluding carboxylic acids is 2. The van der Waals surface area contributed by atoms with Crippen LogP contribution in [0.2, 0.25) is 0 Å². The summed E-state index contributed by atoms with van der Waals surface area (Å²) in [6.07, 6.45) is 14.0. The molecule has 4 atom stereocenters. The number of hydrogen-bond acceptors (Lipinski definition) is 4. The average molecular weight is 423 g/mol. The third-order valence-electron chi connectivity index (χ3n) is 6.09. The zero-order valence-corrected chi connectivity index (χ0v) is 18.2. The number of aliphatic carboxylic acids is 1. The van der Waals surface area contributed by atoms with Gasteiger partial charge in [0.05, 0.1) is 24.7 Å². The van der Waals surface area contributed by atoms with Gasteiger partial charge in [-0.15, -0.1) is 0 Å². The summed E-state index contributed by atoms with van der Waals surface area (Å²) < 4.78 is 5.97. The van der Waals surface area contributed by atoms with Crippen LogP contribution < -0.4 is 10.6 Å². The van der Waals surface area contributed by atoms with Gasteiger partial charge in [-0.25, -0.2) is 0 Å². The first kappa shape index (κ1) is 24.4. The Morgan fingerprint density at radius 2 is 1.77 bits per heavy atom. The van der Waals surface area contributed by atoms with Crippen LogP contribution in [0.4, 0.5) is 0 Å². The molecule has 2 saturated heterocycles. The maximum atomic E-state index is 12.7. The van der Waals surface area contributed by atoms with Crippen molar-refractivity contribution in [1.29, 1.82) is 0 Å². The molecule has 2 rings (SSSR count). The minimum absolute atomic E-state index is 0.0133. The number of hydrogen-bond donors (Lipinski definition) is 3. The summed E-state index contributed by atoms with van der Waals surface area (Å²) in [4.78, 5) is 35.3. The van der Waals surface area contributed by atoms with Crippen LogP contribution in [0.15, 0.2) is 12.2 Å². The van der Waals surface area contributed by atoms with Crippen molar-refractivity contribution in [3.05, 3.63) is 12.2 Å². The fourth-order valence-electron chi connectivity index (χ4n) is 4.48. The van der Waals surface area contributed by atoms with Crippen LogP contribution in [0.25, 0.3) is 0 Å². The van der Waals surface area contributed by atoms with Crippen molar-refractivity contribution in [2.75, 3.05) is 13.1 Å². The molecule has 170 valence electrons. The van der Waals surface area contributed by atoms with Gasteiger partial charge in [-0.05, 0) is 38.5 Å². The lowest BCUT2D eigenvalue weighted by atomic mass is 9.77. The summed E-state index contributed by atoms with van der Waals surface area (Å²) in [5.74, 6) is -1.10. The molecule has 2 fully saturated rings. The Morgan fingerprint density at radius 3 is 2.53 bits per heavy atom. The van der Waals surface area contributed by atoms with E-state index < -0.39 is 5.97 Å². The minimum atomic E-state index is -0.776. The fourth-order valence-corrected chi connectivity index (χ4v) is 4.48. The highest BCUT2D eigenvalue weighted by atomic mass is 16.5. The van der Waals surface area contributed by atoms with Gasteiger partial charge in [0.1, 0.15) is 0 Å². The molecule has 0 saturated carbocycles. The molecular formula is C23H38N2O5. The zero-order valence-electron chi connectivity index (χ0n) is 18.2. The van der Waals surface area contributed by atoms with E-state index in [2.05, 4.69) is 17.6 Å². The van der Waals surface area contributed by atoms with Gasteiger partial charge in [-0.1, -0.05) is 44.8 Å². The SMILES string of the molecule is CCCCCCCNC(=O)CNC(=O)[C@H]1[C@@H](CC=CCCCC(=O)O)[C@H]2CC[C@@H]1O2. The fraction of sp³-hybridized carbons (Fsp3) is 0.783. The molecule has 3 N–H and O–H groups in total. The maximum Gasteiger partial charge on any atom is 0.303 e. The van der Waals surface area contributed by atoms with Crippen molar-refractivity contribution in [2.45, 2.75) is 89.8 Å². The maximum absolute atomic E-state index is 12.7. The zero-order chi connectivity index (χ0) is 21.8. The van der Waals surface area contributed by atoms with Crippen molar-refractivity contribution in [1.82, 2.24) is 10.6 Å². The second-order valence-electron chi connectivity index (χ2n) is 8.46. The number of carbonyl (C=O) groups is 3. The number of carboxylic acids is 1. The average Bonchev–Trinajstić information content (AvgIpc) is 3.32. The van der Waals surface area contributed by atoms with Crippen molar-refractivity contribution in [3.63, 3.8) is 0 Å². The number of amides is 2. The van der Waals surface area contributed by atoms with E-state index in [1.807, 2.05) is 12.2 Å². The lowest BCUT2D eigenvalue weighted by Gasteiger charge is -2.26. The molecule has 0 aromatic heterocycles. The van der Waals surface area contributed by atoms with E-state index in [4.69, 9.17) is 9.84 Å². The summed E-state index contributed by atoms with van der Waals surface area (Å²) in [6, 6.07) is 0.